The Balaban J connectivity index is 2.44. The molecule has 0 unspecified atom stereocenters. The van der Waals surface area contributed by atoms with Crippen LogP contribution in [0, 0.1) is 5.82 Å². The summed E-state index contributed by atoms with van der Waals surface area (Å²) in [5.74, 6) is 0.525. The molecular weight excluding hydrogens is 155 g/mol. The van der Waals surface area contributed by atoms with Crippen LogP contribution >= 0.6 is 0 Å². The lowest BCUT2D eigenvalue weighted by Gasteiger charge is -2.18. The maximum Gasteiger partial charge on any atom is 0.123 e. The first-order chi connectivity index (χ1) is 5.75. The molecule has 0 atom stereocenters. The minimum Gasteiger partial charge on any atom is -0.494 e. The lowest BCUT2D eigenvalue weighted by molar-refractivity contribution is 0.182. The van der Waals surface area contributed by atoms with Crippen molar-refractivity contribution in [3.63, 3.8) is 0 Å². The summed E-state index contributed by atoms with van der Waals surface area (Å²) in [4.78, 5) is 0. The molecule has 1 aromatic rings. The molecule has 0 amide bonds. The van der Waals surface area contributed by atoms with E-state index in [2.05, 4.69) is 6.58 Å². The first kappa shape index (κ1) is 7.35. The molecule has 0 bridgehead atoms. The second kappa shape index (κ2) is 2.63. The highest BCUT2D eigenvalue weighted by atomic mass is 19.1. The Kier molecular flexibility index (Phi) is 1.61. The van der Waals surface area contributed by atoms with Gasteiger partial charge in [-0.3, -0.25) is 0 Å². The van der Waals surface area contributed by atoms with Crippen molar-refractivity contribution in [1.82, 2.24) is 0 Å². The Morgan fingerprint density at radius 2 is 2.17 bits per heavy atom. The van der Waals surface area contributed by atoms with Crippen LogP contribution in [-0.2, 0) is 17.8 Å². The molecule has 1 aromatic carbocycles. The molecule has 0 radical (unpaired) electrons. The molecule has 1 nitrogen and oxygen atoms in total. The number of rotatable bonds is 0. The number of fused-ring (bicyclic) bond motifs is 1. The van der Waals surface area contributed by atoms with Gasteiger partial charge in [-0.2, -0.15) is 0 Å². The van der Waals surface area contributed by atoms with Crippen molar-refractivity contribution in [2.45, 2.75) is 13.0 Å². The van der Waals surface area contributed by atoms with Gasteiger partial charge in [-0.1, -0.05) is 12.6 Å². The van der Waals surface area contributed by atoms with Crippen molar-refractivity contribution in [2.24, 2.45) is 0 Å². The van der Waals surface area contributed by atoms with E-state index in [-0.39, 0.29) is 5.82 Å². The standard InChI is InChI=1S/C10H9FO/c1-7-4-9-5-10(11)3-2-8(9)6-12-7/h2-3,5H,1,4,6H2. The summed E-state index contributed by atoms with van der Waals surface area (Å²) in [6.07, 6.45) is 0.632. The Labute approximate surface area is 70.5 Å². The molecule has 0 saturated heterocycles. The van der Waals surface area contributed by atoms with Crippen LogP contribution in [0.2, 0.25) is 0 Å². The molecule has 1 aliphatic heterocycles. The zero-order valence-electron chi connectivity index (χ0n) is 6.64. The highest BCUT2D eigenvalue weighted by molar-refractivity contribution is 5.31. The Hall–Kier alpha value is -1.31. The summed E-state index contributed by atoms with van der Waals surface area (Å²) >= 11 is 0. The quantitative estimate of drug-likeness (QED) is 0.572. The number of ether oxygens (including phenoxy) is 1. The third-order valence-electron chi connectivity index (χ3n) is 1.99. The fourth-order valence-corrected chi connectivity index (χ4v) is 1.34. The summed E-state index contributed by atoms with van der Waals surface area (Å²) < 4.78 is 18.0. The predicted molar refractivity (Wildman–Crippen MR) is 44.0 cm³/mol. The summed E-state index contributed by atoms with van der Waals surface area (Å²) in [6, 6.07) is 4.76. The van der Waals surface area contributed by atoms with E-state index in [0.717, 1.165) is 11.1 Å². The zero-order chi connectivity index (χ0) is 8.55. The fraction of sp³-hybridized carbons (Fsp3) is 0.200. The highest BCUT2D eigenvalue weighted by Crippen LogP contribution is 2.22. The smallest absolute Gasteiger partial charge is 0.123 e. The lowest BCUT2D eigenvalue weighted by Crippen LogP contribution is -2.07. The molecule has 0 saturated carbocycles. The molecule has 62 valence electrons. The van der Waals surface area contributed by atoms with Gasteiger partial charge in [0.2, 0.25) is 0 Å². The van der Waals surface area contributed by atoms with Crippen LogP contribution in [0.3, 0.4) is 0 Å². The molecule has 0 aromatic heterocycles. The third-order valence-corrected chi connectivity index (χ3v) is 1.99. The van der Waals surface area contributed by atoms with Crippen LogP contribution in [0.1, 0.15) is 11.1 Å². The van der Waals surface area contributed by atoms with E-state index in [1.165, 1.54) is 6.07 Å². The summed E-state index contributed by atoms with van der Waals surface area (Å²) in [5, 5.41) is 0. The number of halogens is 1. The van der Waals surface area contributed by atoms with Gasteiger partial charge in [0, 0.05) is 6.42 Å². The van der Waals surface area contributed by atoms with Gasteiger partial charge in [-0.15, -0.1) is 0 Å². The first-order valence-corrected chi connectivity index (χ1v) is 3.83. The van der Waals surface area contributed by atoms with Crippen molar-refractivity contribution < 1.29 is 9.13 Å². The van der Waals surface area contributed by atoms with E-state index in [9.17, 15) is 4.39 Å². The SMILES string of the molecule is C=C1Cc2cc(F)ccc2CO1. The van der Waals surface area contributed by atoms with Gasteiger partial charge in [0.15, 0.2) is 0 Å². The molecule has 0 N–H and O–H groups in total. The Morgan fingerprint density at radius 1 is 1.33 bits per heavy atom. The predicted octanol–water partition coefficient (Wildman–Crippen LogP) is 2.41. The maximum atomic E-state index is 12.8. The number of hydrogen-bond acceptors (Lipinski definition) is 1. The Morgan fingerprint density at radius 3 is 3.00 bits per heavy atom. The molecular formula is C10H9FO. The van der Waals surface area contributed by atoms with Gasteiger partial charge in [0.1, 0.15) is 12.4 Å². The van der Waals surface area contributed by atoms with E-state index in [1.54, 1.807) is 12.1 Å². The topological polar surface area (TPSA) is 9.23 Å². The largest absolute Gasteiger partial charge is 0.494 e. The number of hydrogen-bond donors (Lipinski definition) is 0. The Bertz CT molecular complexity index is 331. The summed E-state index contributed by atoms with van der Waals surface area (Å²) in [7, 11) is 0. The van der Waals surface area contributed by atoms with E-state index in [0.29, 0.717) is 18.8 Å². The van der Waals surface area contributed by atoms with Crippen molar-refractivity contribution in [3.05, 3.63) is 47.5 Å². The highest BCUT2D eigenvalue weighted by Gasteiger charge is 2.12. The van der Waals surface area contributed by atoms with Crippen molar-refractivity contribution in [3.8, 4) is 0 Å². The van der Waals surface area contributed by atoms with Crippen LogP contribution in [0.4, 0.5) is 4.39 Å². The molecule has 0 spiro atoms. The third kappa shape index (κ3) is 1.20. The number of allylic oxidation sites excluding steroid dienone is 1. The first-order valence-electron chi connectivity index (χ1n) is 3.83. The maximum absolute atomic E-state index is 12.8. The molecule has 1 heterocycles. The van der Waals surface area contributed by atoms with Crippen molar-refractivity contribution in [2.75, 3.05) is 0 Å². The molecule has 2 heteroatoms. The average Bonchev–Trinajstić information content (AvgIpc) is 2.03. The van der Waals surface area contributed by atoms with E-state index in [1.807, 2.05) is 0 Å². The van der Waals surface area contributed by atoms with Gasteiger partial charge in [-0.05, 0) is 23.3 Å². The van der Waals surface area contributed by atoms with E-state index in [4.69, 9.17) is 4.74 Å². The molecule has 0 aliphatic carbocycles. The lowest BCUT2D eigenvalue weighted by atomic mass is 10.0. The van der Waals surface area contributed by atoms with E-state index >= 15 is 0 Å². The summed E-state index contributed by atoms with van der Waals surface area (Å²) in [5.41, 5.74) is 2.05. The molecule has 12 heavy (non-hydrogen) atoms. The normalized spacial score (nSPS) is 15.2. The van der Waals surface area contributed by atoms with Gasteiger partial charge in [0.25, 0.3) is 0 Å². The second-order valence-corrected chi connectivity index (χ2v) is 2.92. The van der Waals surface area contributed by atoms with E-state index < -0.39 is 0 Å². The van der Waals surface area contributed by atoms with Crippen LogP contribution in [0.15, 0.2) is 30.5 Å². The van der Waals surface area contributed by atoms with Crippen LogP contribution in [0.5, 0.6) is 0 Å². The number of benzene rings is 1. The monoisotopic (exact) mass is 164 g/mol. The zero-order valence-corrected chi connectivity index (χ0v) is 6.64. The minimum atomic E-state index is -0.191. The fourth-order valence-electron chi connectivity index (χ4n) is 1.34. The van der Waals surface area contributed by atoms with Gasteiger partial charge < -0.3 is 4.74 Å². The van der Waals surface area contributed by atoms with Crippen LogP contribution in [-0.4, -0.2) is 0 Å². The molecule has 1 aliphatic rings. The van der Waals surface area contributed by atoms with Gasteiger partial charge >= 0.3 is 0 Å². The van der Waals surface area contributed by atoms with Crippen LogP contribution in [0.25, 0.3) is 0 Å². The van der Waals surface area contributed by atoms with Crippen LogP contribution < -0.4 is 0 Å². The van der Waals surface area contributed by atoms with Crippen molar-refractivity contribution >= 4 is 0 Å². The molecule has 2 rings (SSSR count). The second-order valence-electron chi connectivity index (χ2n) is 2.92. The summed E-state index contributed by atoms with van der Waals surface area (Å²) in [6.45, 7) is 4.22. The van der Waals surface area contributed by atoms with Gasteiger partial charge in [0.05, 0.1) is 5.76 Å². The molecule has 0 fully saturated rings. The van der Waals surface area contributed by atoms with Gasteiger partial charge in [-0.25, -0.2) is 4.39 Å². The average molecular weight is 164 g/mol. The minimum absolute atomic E-state index is 0.191. The van der Waals surface area contributed by atoms with Crippen molar-refractivity contribution in [1.29, 1.82) is 0 Å².